The van der Waals surface area contributed by atoms with E-state index in [4.69, 9.17) is 0 Å². The molecule has 1 atom stereocenters. The van der Waals surface area contributed by atoms with Gasteiger partial charge in [-0.15, -0.1) is 0 Å². The molecule has 0 N–H and O–H groups in total. The molecule has 2 aliphatic rings. The number of likely N-dealkylation sites (tertiary alicyclic amines) is 1. The van der Waals surface area contributed by atoms with Gasteiger partial charge in [0.25, 0.3) is 0 Å². The molecule has 1 aliphatic heterocycles. The molecule has 1 fully saturated rings. The number of benzene rings is 1. The monoisotopic (exact) mass is 254 g/mol. The Morgan fingerprint density at radius 2 is 2.00 bits per heavy atom. The second-order valence-corrected chi connectivity index (χ2v) is 6.55. The predicted molar refractivity (Wildman–Crippen MR) is 77.3 cm³/mol. The van der Waals surface area contributed by atoms with Crippen molar-refractivity contribution in [2.24, 2.45) is 0 Å². The number of nitrogens with zero attached hydrogens (tertiary/aromatic N) is 2. The standard InChI is InChI=1S/C17H22N2/c1-12-8-15-13(2)10-17(4-6-19(3)7-5-17)16(15)9-14(12)11-18/h8-9,13H,4-7,10H2,1-3H3/t13-/m1/s1. The van der Waals surface area contributed by atoms with Crippen LogP contribution in [0.5, 0.6) is 0 Å². The van der Waals surface area contributed by atoms with E-state index in [0.717, 1.165) is 11.1 Å². The molecule has 1 aromatic carbocycles. The summed E-state index contributed by atoms with van der Waals surface area (Å²) < 4.78 is 0. The summed E-state index contributed by atoms with van der Waals surface area (Å²) in [4.78, 5) is 2.42. The Balaban J connectivity index is 2.08. The molecule has 1 heterocycles. The normalized spacial score (nSPS) is 25.3. The minimum atomic E-state index is 0.348. The predicted octanol–water partition coefficient (Wildman–Crippen LogP) is 3.34. The molecular formula is C17H22N2. The average molecular weight is 254 g/mol. The van der Waals surface area contributed by atoms with Gasteiger partial charge in [0.1, 0.15) is 0 Å². The van der Waals surface area contributed by atoms with Crippen molar-refractivity contribution < 1.29 is 0 Å². The molecule has 1 aromatic rings. The third-order valence-electron chi connectivity index (χ3n) is 5.26. The highest BCUT2D eigenvalue weighted by atomic mass is 15.1. The number of piperidine rings is 1. The van der Waals surface area contributed by atoms with Crippen LogP contribution in [0.1, 0.15) is 54.4 Å². The van der Waals surface area contributed by atoms with Gasteiger partial charge in [-0.05, 0) is 80.4 Å². The van der Waals surface area contributed by atoms with Gasteiger partial charge in [0.2, 0.25) is 0 Å². The van der Waals surface area contributed by atoms with Crippen LogP contribution in [0.3, 0.4) is 0 Å². The van der Waals surface area contributed by atoms with Gasteiger partial charge < -0.3 is 4.90 Å². The second-order valence-electron chi connectivity index (χ2n) is 6.55. The molecule has 0 amide bonds. The fraction of sp³-hybridized carbons (Fsp3) is 0.588. The lowest BCUT2D eigenvalue weighted by molar-refractivity contribution is 0.183. The van der Waals surface area contributed by atoms with Crippen molar-refractivity contribution in [3.63, 3.8) is 0 Å². The molecule has 3 rings (SSSR count). The van der Waals surface area contributed by atoms with Crippen molar-refractivity contribution in [3.8, 4) is 6.07 Å². The van der Waals surface area contributed by atoms with Crippen molar-refractivity contribution in [1.29, 1.82) is 5.26 Å². The SMILES string of the molecule is Cc1cc2c(cc1C#N)C1(CCN(C)CC1)C[C@H]2C. The lowest BCUT2D eigenvalue weighted by Gasteiger charge is -2.39. The number of nitriles is 1. The first-order chi connectivity index (χ1) is 9.05. The summed E-state index contributed by atoms with van der Waals surface area (Å²) in [5.41, 5.74) is 5.33. The molecule has 19 heavy (non-hydrogen) atoms. The number of rotatable bonds is 0. The average Bonchev–Trinajstić information content (AvgIpc) is 2.65. The summed E-state index contributed by atoms with van der Waals surface area (Å²) in [5, 5.41) is 9.29. The minimum Gasteiger partial charge on any atom is -0.306 e. The van der Waals surface area contributed by atoms with Gasteiger partial charge in [-0.3, -0.25) is 0 Å². The summed E-state index contributed by atoms with van der Waals surface area (Å²) in [6.07, 6.45) is 3.76. The Kier molecular flexibility index (Phi) is 2.91. The minimum absolute atomic E-state index is 0.348. The summed E-state index contributed by atoms with van der Waals surface area (Å²) in [6, 6.07) is 6.82. The molecule has 2 heteroatoms. The van der Waals surface area contributed by atoms with Gasteiger partial charge in [0.15, 0.2) is 0 Å². The maximum Gasteiger partial charge on any atom is 0.0994 e. The highest BCUT2D eigenvalue weighted by molar-refractivity contribution is 5.51. The molecule has 100 valence electrons. The van der Waals surface area contributed by atoms with E-state index in [-0.39, 0.29) is 0 Å². The maximum atomic E-state index is 9.29. The number of fused-ring (bicyclic) bond motifs is 2. The van der Waals surface area contributed by atoms with E-state index in [1.807, 2.05) is 0 Å². The largest absolute Gasteiger partial charge is 0.306 e. The van der Waals surface area contributed by atoms with E-state index in [0.29, 0.717) is 11.3 Å². The molecule has 1 saturated heterocycles. The fourth-order valence-corrected chi connectivity index (χ4v) is 4.04. The summed E-state index contributed by atoms with van der Waals surface area (Å²) in [7, 11) is 2.21. The van der Waals surface area contributed by atoms with E-state index in [9.17, 15) is 5.26 Å². The van der Waals surface area contributed by atoms with Crippen LogP contribution in [0.15, 0.2) is 12.1 Å². The zero-order valence-corrected chi connectivity index (χ0v) is 12.2. The van der Waals surface area contributed by atoms with Gasteiger partial charge >= 0.3 is 0 Å². The van der Waals surface area contributed by atoms with E-state index in [1.165, 1.54) is 43.5 Å². The van der Waals surface area contributed by atoms with Crippen LogP contribution in [-0.4, -0.2) is 25.0 Å². The highest BCUT2D eigenvalue weighted by Gasteiger charge is 2.43. The van der Waals surface area contributed by atoms with Gasteiger partial charge in [-0.2, -0.15) is 5.26 Å². The van der Waals surface area contributed by atoms with E-state index in [2.05, 4.69) is 44.0 Å². The topological polar surface area (TPSA) is 27.0 Å². The maximum absolute atomic E-state index is 9.29. The lowest BCUT2D eigenvalue weighted by atomic mass is 9.73. The zero-order valence-electron chi connectivity index (χ0n) is 12.2. The van der Waals surface area contributed by atoms with Crippen molar-refractivity contribution >= 4 is 0 Å². The Morgan fingerprint density at radius 3 is 2.63 bits per heavy atom. The van der Waals surface area contributed by atoms with Crippen LogP contribution < -0.4 is 0 Å². The summed E-state index contributed by atoms with van der Waals surface area (Å²) in [6.45, 7) is 6.77. The van der Waals surface area contributed by atoms with Crippen molar-refractivity contribution in [2.75, 3.05) is 20.1 Å². The zero-order chi connectivity index (χ0) is 13.6. The van der Waals surface area contributed by atoms with Crippen LogP contribution in [-0.2, 0) is 5.41 Å². The first-order valence-corrected chi connectivity index (χ1v) is 7.29. The molecule has 1 spiro atoms. The number of hydrogen-bond donors (Lipinski definition) is 0. The third kappa shape index (κ3) is 1.88. The molecule has 2 nitrogen and oxygen atoms in total. The first kappa shape index (κ1) is 12.7. The smallest absolute Gasteiger partial charge is 0.0994 e. The molecule has 0 radical (unpaired) electrons. The van der Waals surface area contributed by atoms with Crippen LogP contribution in [0.25, 0.3) is 0 Å². The molecule has 0 aromatic heterocycles. The quantitative estimate of drug-likeness (QED) is 0.710. The van der Waals surface area contributed by atoms with E-state index in [1.54, 1.807) is 0 Å². The molecule has 0 bridgehead atoms. The van der Waals surface area contributed by atoms with Crippen LogP contribution in [0.4, 0.5) is 0 Å². The van der Waals surface area contributed by atoms with Crippen LogP contribution in [0, 0.1) is 18.3 Å². The van der Waals surface area contributed by atoms with Gasteiger partial charge in [-0.1, -0.05) is 13.0 Å². The second kappa shape index (κ2) is 4.35. The summed E-state index contributed by atoms with van der Waals surface area (Å²) in [5.74, 6) is 0.643. The molecular weight excluding hydrogens is 232 g/mol. The first-order valence-electron chi connectivity index (χ1n) is 7.29. The Morgan fingerprint density at radius 1 is 1.32 bits per heavy atom. The van der Waals surface area contributed by atoms with Crippen molar-refractivity contribution in [3.05, 3.63) is 34.4 Å². The van der Waals surface area contributed by atoms with Gasteiger partial charge in [0.05, 0.1) is 11.6 Å². The van der Waals surface area contributed by atoms with Gasteiger partial charge in [0, 0.05) is 0 Å². The number of hydrogen-bond acceptors (Lipinski definition) is 2. The third-order valence-corrected chi connectivity index (χ3v) is 5.26. The Labute approximate surface area is 116 Å². The number of aryl methyl sites for hydroxylation is 1. The molecule has 0 unspecified atom stereocenters. The van der Waals surface area contributed by atoms with Crippen LogP contribution in [0.2, 0.25) is 0 Å². The van der Waals surface area contributed by atoms with Gasteiger partial charge in [-0.25, -0.2) is 0 Å². The highest BCUT2D eigenvalue weighted by Crippen LogP contribution is 2.51. The van der Waals surface area contributed by atoms with Crippen LogP contribution >= 0.6 is 0 Å². The van der Waals surface area contributed by atoms with Crippen molar-refractivity contribution in [2.45, 2.75) is 44.4 Å². The fourth-order valence-electron chi connectivity index (χ4n) is 4.04. The Bertz CT molecular complexity index is 545. The molecule has 0 saturated carbocycles. The Hall–Kier alpha value is -1.33. The lowest BCUT2D eigenvalue weighted by Crippen LogP contribution is -2.39. The summed E-state index contributed by atoms with van der Waals surface area (Å²) >= 11 is 0. The van der Waals surface area contributed by atoms with E-state index < -0.39 is 0 Å². The van der Waals surface area contributed by atoms with Crippen molar-refractivity contribution in [1.82, 2.24) is 4.90 Å². The molecule has 1 aliphatic carbocycles. The van der Waals surface area contributed by atoms with E-state index >= 15 is 0 Å².